The molecule has 2 heterocycles. The first-order chi connectivity index (χ1) is 19.2. The fraction of sp³-hybridized carbons (Fsp3) is 0.500. The van der Waals surface area contributed by atoms with Gasteiger partial charge in [-0.05, 0) is 158 Å². The Labute approximate surface area is 254 Å². The van der Waals surface area contributed by atoms with Crippen molar-refractivity contribution < 1.29 is 18.6 Å². The molecule has 6 heteroatoms. The van der Waals surface area contributed by atoms with Crippen LogP contribution in [-0.2, 0) is 18.6 Å². The minimum atomic E-state index is -0.401. The third-order valence-corrected chi connectivity index (χ3v) is 10.4. The van der Waals surface area contributed by atoms with Gasteiger partial charge in [0.15, 0.2) is 0 Å². The summed E-state index contributed by atoms with van der Waals surface area (Å²) in [5, 5.41) is 0. The van der Waals surface area contributed by atoms with E-state index in [9.17, 15) is 0 Å². The molecule has 0 aliphatic carbocycles. The normalized spacial score (nSPS) is 20.4. The Morgan fingerprint density at radius 3 is 0.881 bits per heavy atom. The summed E-state index contributed by atoms with van der Waals surface area (Å²) in [5.41, 5.74) is 12.8. The lowest BCUT2D eigenvalue weighted by Gasteiger charge is -2.32. The van der Waals surface area contributed by atoms with Crippen molar-refractivity contribution in [1.82, 2.24) is 0 Å². The monoisotopic (exact) mass is 566 g/mol. The Morgan fingerprint density at radius 2 is 0.595 bits per heavy atom. The molecular weight excluding hydrogens is 518 g/mol. The minimum Gasteiger partial charge on any atom is -0.399 e. The summed E-state index contributed by atoms with van der Waals surface area (Å²) in [6.07, 6.45) is 0. The van der Waals surface area contributed by atoms with Crippen LogP contribution in [0.5, 0.6) is 0 Å². The zero-order valence-electron chi connectivity index (χ0n) is 28.3. The van der Waals surface area contributed by atoms with Crippen molar-refractivity contribution in [2.45, 2.75) is 119 Å². The van der Waals surface area contributed by atoms with Crippen molar-refractivity contribution in [3.05, 3.63) is 69.8 Å². The van der Waals surface area contributed by atoms with Crippen molar-refractivity contribution in [1.29, 1.82) is 0 Å². The largest absolute Gasteiger partial charge is 0.495 e. The van der Waals surface area contributed by atoms with Crippen molar-refractivity contribution in [2.75, 3.05) is 0 Å². The molecule has 2 fully saturated rings. The summed E-state index contributed by atoms with van der Waals surface area (Å²) in [5.74, 6) is 0. The van der Waals surface area contributed by atoms with Crippen molar-refractivity contribution in [2.24, 2.45) is 0 Å². The molecule has 4 nitrogen and oxygen atoms in total. The molecule has 0 N–H and O–H groups in total. The molecule has 3 aromatic carbocycles. The molecule has 3 aromatic rings. The maximum Gasteiger partial charge on any atom is 0.495 e. The van der Waals surface area contributed by atoms with Crippen LogP contribution in [0.3, 0.4) is 0 Å². The lowest BCUT2D eigenvalue weighted by molar-refractivity contribution is 0.00578. The van der Waals surface area contributed by atoms with Gasteiger partial charge in [0.1, 0.15) is 0 Å². The molecule has 0 saturated carbocycles. The second-order valence-electron chi connectivity index (χ2n) is 14.7. The molecule has 0 spiro atoms. The van der Waals surface area contributed by atoms with Gasteiger partial charge in [-0.25, -0.2) is 0 Å². The minimum absolute atomic E-state index is 0.389. The lowest BCUT2D eigenvalue weighted by Crippen LogP contribution is -2.41. The van der Waals surface area contributed by atoms with Gasteiger partial charge in [-0.2, -0.15) is 0 Å². The summed E-state index contributed by atoms with van der Waals surface area (Å²) in [7, 11) is -0.803. The summed E-state index contributed by atoms with van der Waals surface area (Å²) in [6.45, 7) is 30.0. The number of benzene rings is 3. The number of aryl methyl sites for hydroxylation is 6. The SMILES string of the molecule is Cc1cc(C)c(-c2cc(-c3cc(B4OC(C)(C)C(C)(C)O4)c(C)cc3C)c(C)cc2C)cc1B1OC(C)(C)C(C)(C)O1. The summed E-state index contributed by atoms with van der Waals surface area (Å²) in [4.78, 5) is 0. The molecule has 222 valence electrons. The van der Waals surface area contributed by atoms with Gasteiger partial charge < -0.3 is 18.6 Å². The first-order valence-corrected chi connectivity index (χ1v) is 15.3. The number of rotatable bonds is 4. The highest BCUT2D eigenvalue weighted by Gasteiger charge is 2.53. The molecule has 2 saturated heterocycles. The predicted molar refractivity (Wildman–Crippen MR) is 177 cm³/mol. The van der Waals surface area contributed by atoms with Crippen LogP contribution in [0.1, 0.15) is 88.8 Å². The first-order valence-electron chi connectivity index (χ1n) is 15.3. The van der Waals surface area contributed by atoms with Crippen LogP contribution in [0.15, 0.2) is 36.4 Å². The number of hydrogen-bond donors (Lipinski definition) is 0. The fourth-order valence-electron chi connectivity index (χ4n) is 6.20. The lowest BCUT2D eigenvalue weighted by atomic mass is 9.73. The Bertz CT molecular complexity index is 1420. The highest BCUT2D eigenvalue weighted by molar-refractivity contribution is 6.63. The molecule has 0 unspecified atom stereocenters. The average Bonchev–Trinajstić information content (AvgIpc) is 3.19. The third kappa shape index (κ3) is 5.09. The Morgan fingerprint density at radius 1 is 0.357 bits per heavy atom. The van der Waals surface area contributed by atoms with E-state index in [2.05, 4.69) is 133 Å². The molecule has 0 radical (unpaired) electrons. The zero-order chi connectivity index (χ0) is 31.2. The summed E-state index contributed by atoms with van der Waals surface area (Å²) < 4.78 is 25.9. The number of hydrogen-bond acceptors (Lipinski definition) is 4. The fourth-order valence-corrected chi connectivity index (χ4v) is 6.20. The first kappa shape index (κ1) is 31.1. The van der Waals surface area contributed by atoms with Crippen LogP contribution in [-0.4, -0.2) is 36.6 Å². The molecule has 2 aliphatic heterocycles. The van der Waals surface area contributed by atoms with Gasteiger partial charge in [-0.3, -0.25) is 0 Å². The van der Waals surface area contributed by atoms with E-state index < -0.39 is 14.2 Å². The van der Waals surface area contributed by atoms with Crippen LogP contribution >= 0.6 is 0 Å². The van der Waals surface area contributed by atoms with Crippen LogP contribution in [0.25, 0.3) is 22.3 Å². The van der Waals surface area contributed by atoms with Crippen molar-refractivity contribution >= 4 is 25.2 Å². The van der Waals surface area contributed by atoms with Crippen LogP contribution in [0.4, 0.5) is 0 Å². The van der Waals surface area contributed by atoms with Gasteiger partial charge in [-0.1, -0.05) is 41.5 Å². The van der Waals surface area contributed by atoms with Gasteiger partial charge in [0.25, 0.3) is 0 Å². The topological polar surface area (TPSA) is 36.9 Å². The average molecular weight is 566 g/mol. The van der Waals surface area contributed by atoms with E-state index in [1.54, 1.807) is 0 Å². The third-order valence-electron chi connectivity index (χ3n) is 10.4. The standard InChI is InChI=1S/C36H48B2O4/c1-21-15-22(2)28(30-20-32(26(6)17-24(30)4)38-41-35(11,12)36(13,14)42-38)18-27(21)29-19-31(25(5)16-23(29)3)37-39-33(7,8)34(9,10)40-37/h15-20H,1-14H3. The van der Waals surface area contributed by atoms with E-state index in [1.165, 1.54) is 55.6 Å². The second-order valence-corrected chi connectivity index (χ2v) is 14.7. The van der Waals surface area contributed by atoms with Gasteiger partial charge in [0.05, 0.1) is 22.4 Å². The van der Waals surface area contributed by atoms with Crippen molar-refractivity contribution in [3.8, 4) is 22.3 Å². The van der Waals surface area contributed by atoms with Gasteiger partial charge in [0, 0.05) is 0 Å². The summed E-state index contributed by atoms with van der Waals surface area (Å²) in [6, 6.07) is 13.8. The van der Waals surface area contributed by atoms with E-state index in [0.29, 0.717) is 0 Å². The van der Waals surface area contributed by atoms with Gasteiger partial charge >= 0.3 is 14.2 Å². The smallest absolute Gasteiger partial charge is 0.399 e. The predicted octanol–water partition coefficient (Wildman–Crippen LogP) is 7.47. The van der Waals surface area contributed by atoms with Crippen LogP contribution in [0, 0.1) is 41.5 Å². The summed E-state index contributed by atoms with van der Waals surface area (Å²) >= 11 is 0. The van der Waals surface area contributed by atoms with Crippen LogP contribution < -0.4 is 10.9 Å². The van der Waals surface area contributed by atoms with E-state index in [-0.39, 0.29) is 22.4 Å². The van der Waals surface area contributed by atoms with Crippen molar-refractivity contribution in [3.63, 3.8) is 0 Å². The molecule has 0 amide bonds. The molecule has 0 bridgehead atoms. The second kappa shape index (κ2) is 10.1. The van der Waals surface area contributed by atoms with Crippen LogP contribution in [0.2, 0.25) is 0 Å². The highest BCUT2D eigenvalue weighted by atomic mass is 16.7. The Hall–Kier alpha value is -2.37. The Kier molecular flexibility index (Phi) is 7.46. The molecule has 0 atom stereocenters. The molecule has 0 aromatic heterocycles. The quantitative estimate of drug-likeness (QED) is 0.307. The molecular formula is C36H48B2O4. The highest BCUT2D eigenvalue weighted by Crippen LogP contribution is 2.40. The van der Waals surface area contributed by atoms with E-state index in [4.69, 9.17) is 18.6 Å². The van der Waals surface area contributed by atoms with E-state index in [0.717, 1.165) is 10.9 Å². The van der Waals surface area contributed by atoms with E-state index >= 15 is 0 Å². The van der Waals surface area contributed by atoms with E-state index in [1.807, 2.05) is 0 Å². The maximum atomic E-state index is 6.48. The molecule has 42 heavy (non-hydrogen) atoms. The maximum absolute atomic E-state index is 6.48. The molecule has 2 aliphatic rings. The Balaban J connectivity index is 1.61. The molecule has 5 rings (SSSR count). The van der Waals surface area contributed by atoms with Gasteiger partial charge in [-0.15, -0.1) is 0 Å². The zero-order valence-corrected chi connectivity index (χ0v) is 28.3. The van der Waals surface area contributed by atoms with Gasteiger partial charge in [0.2, 0.25) is 0 Å².